The van der Waals surface area contributed by atoms with Crippen LogP contribution in [0.5, 0.6) is 0 Å². The van der Waals surface area contributed by atoms with E-state index in [1.54, 1.807) is 18.2 Å². The molecule has 2 rings (SSSR count). The summed E-state index contributed by atoms with van der Waals surface area (Å²) in [6, 6.07) is 7.55. The SMILES string of the molecule is O=S(=O)(Nc1cc2ccccc2o1)C(F)(F)F. The molecule has 17 heavy (non-hydrogen) atoms. The molecule has 8 heteroatoms. The van der Waals surface area contributed by atoms with Gasteiger partial charge in [-0.15, -0.1) is 0 Å². The fraction of sp³-hybridized carbons (Fsp3) is 0.111. The van der Waals surface area contributed by atoms with E-state index in [4.69, 9.17) is 4.42 Å². The minimum atomic E-state index is -5.44. The number of rotatable bonds is 2. The Morgan fingerprint density at radius 3 is 2.41 bits per heavy atom. The molecule has 0 atom stereocenters. The van der Waals surface area contributed by atoms with Crippen LogP contribution in [0.25, 0.3) is 11.0 Å². The average molecular weight is 265 g/mol. The van der Waals surface area contributed by atoms with Crippen LogP contribution in [0.2, 0.25) is 0 Å². The molecule has 0 aliphatic heterocycles. The van der Waals surface area contributed by atoms with Crippen LogP contribution in [-0.2, 0) is 10.0 Å². The lowest BCUT2D eigenvalue weighted by Gasteiger charge is -2.07. The third-order valence-corrected chi connectivity index (χ3v) is 3.04. The highest BCUT2D eigenvalue weighted by molar-refractivity contribution is 7.93. The number of fused-ring (bicyclic) bond motifs is 1. The number of sulfonamides is 1. The number of nitrogens with one attached hydrogen (secondary N) is 1. The Hall–Kier alpha value is -1.70. The molecule has 0 fully saturated rings. The van der Waals surface area contributed by atoms with Gasteiger partial charge in [-0.05, 0) is 6.07 Å². The minimum Gasteiger partial charge on any atom is -0.440 e. The number of hydrogen-bond donors (Lipinski definition) is 1. The molecule has 1 aromatic heterocycles. The Morgan fingerprint density at radius 2 is 1.82 bits per heavy atom. The van der Waals surface area contributed by atoms with Crippen molar-refractivity contribution >= 4 is 26.9 Å². The van der Waals surface area contributed by atoms with Crippen LogP contribution >= 0.6 is 0 Å². The summed E-state index contributed by atoms with van der Waals surface area (Å²) in [7, 11) is -5.44. The number of halogens is 3. The molecule has 92 valence electrons. The zero-order valence-electron chi connectivity index (χ0n) is 8.15. The van der Waals surface area contributed by atoms with Crippen molar-refractivity contribution in [3.05, 3.63) is 30.3 Å². The Morgan fingerprint density at radius 1 is 1.18 bits per heavy atom. The van der Waals surface area contributed by atoms with E-state index in [0.29, 0.717) is 11.0 Å². The highest BCUT2D eigenvalue weighted by atomic mass is 32.2. The molecule has 0 saturated heterocycles. The largest absolute Gasteiger partial charge is 0.516 e. The maximum atomic E-state index is 12.1. The molecule has 0 unspecified atom stereocenters. The van der Waals surface area contributed by atoms with Gasteiger partial charge in [-0.2, -0.15) is 21.6 Å². The molecule has 0 aliphatic rings. The lowest BCUT2D eigenvalue weighted by Crippen LogP contribution is -2.29. The van der Waals surface area contributed by atoms with Crippen molar-refractivity contribution in [2.24, 2.45) is 0 Å². The molecule has 0 radical (unpaired) electrons. The van der Waals surface area contributed by atoms with Crippen LogP contribution in [0.15, 0.2) is 34.7 Å². The smallest absolute Gasteiger partial charge is 0.440 e. The molecule has 2 aromatic rings. The van der Waals surface area contributed by atoms with Gasteiger partial charge in [0, 0.05) is 11.5 Å². The average Bonchev–Trinajstić information content (AvgIpc) is 2.56. The summed E-state index contributed by atoms with van der Waals surface area (Å²) >= 11 is 0. The molecule has 0 amide bonds. The maximum absolute atomic E-state index is 12.1. The molecule has 1 aromatic carbocycles. The quantitative estimate of drug-likeness (QED) is 0.908. The summed E-state index contributed by atoms with van der Waals surface area (Å²) in [4.78, 5) is 0. The first-order chi connectivity index (χ1) is 7.79. The second-order valence-corrected chi connectivity index (χ2v) is 4.87. The van der Waals surface area contributed by atoms with Crippen molar-refractivity contribution < 1.29 is 26.0 Å². The summed E-state index contributed by atoms with van der Waals surface area (Å²) in [6.45, 7) is 0. The monoisotopic (exact) mass is 265 g/mol. The number of alkyl halides is 3. The minimum absolute atomic E-state index is 0.298. The van der Waals surface area contributed by atoms with Crippen LogP contribution in [0.1, 0.15) is 0 Å². The zero-order chi connectivity index (χ0) is 12.7. The number of para-hydroxylation sites is 1. The first-order valence-corrected chi connectivity index (χ1v) is 5.85. The van der Waals surface area contributed by atoms with Crippen molar-refractivity contribution in [1.82, 2.24) is 0 Å². The molecular formula is C9H6F3NO3S. The van der Waals surface area contributed by atoms with E-state index in [0.717, 1.165) is 0 Å². The Labute approximate surface area is 94.1 Å². The fourth-order valence-electron chi connectivity index (χ4n) is 1.22. The normalized spacial score (nSPS) is 12.9. The van der Waals surface area contributed by atoms with Gasteiger partial charge in [0.05, 0.1) is 0 Å². The van der Waals surface area contributed by atoms with E-state index in [1.807, 2.05) is 0 Å². The predicted octanol–water partition coefficient (Wildman–Crippen LogP) is 2.69. The predicted molar refractivity (Wildman–Crippen MR) is 54.8 cm³/mol. The topological polar surface area (TPSA) is 59.3 Å². The highest BCUT2D eigenvalue weighted by Crippen LogP contribution is 2.28. The number of furan rings is 1. The van der Waals surface area contributed by atoms with Gasteiger partial charge in [0.2, 0.25) is 5.88 Å². The van der Waals surface area contributed by atoms with E-state index in [9.17, 15) is 21.6 Å². The van der Waals surface area contributed by atoms with E-state index in [-0.39, 0.29) is 0 Å². The Balaban J connectivity index is 2.37. The van der Waals surface area contributed by atoms with Gasteiger partial charge in [0.15, 0.2) is 0 Å². The molecule has 0 spiro atoms. The summed E-state index contributed by atoms with van der Waals surface area (Å²) in [5.41, 5.74) is -5.07. The van der Waals surface area contributed by atoms with Gasteiger partial charge in [0.1, 0.15) is 5.58 Å². The third kappa shape index (κ3) is 2.21. The van der Waals surface area contributed by atoms with Crippen molar-refractivity contribution in [3.8, 4) is 0 Å². The summed E-state index contributed by atoms with van der Waals surface area (Å²) in [5, 5.41) is 0.507. The van der Waals surface area contributed by atoms with E-state index in [1.165, 1.54) is 16.9 Å². The van der Waals surface area contributed by atoms with E-state index in [2.05, 4.69) is 0 Å². The molecule has 4 nitrogen and oxygen atoms in total. The molecule has 0 bridgehead atoms. The van der Waals surface area contributed by atoms with Crippen molar-refractivity contribution in [3.63, 3.8) is 0 Å². The zero-order valence-corrected chi connectivity index (χ0v) is 8.97. The lowest BCUT2D eigenvalue weighted by molar-refractivity contribution is -0.0429. The second kappa shape index (κ2) is 3.66. The van der Waals surface area contributed by atoms with Gasteiger partial charge in [0.25, 0.3) is 0 Å². The summed E-state index contributed by atoms with van der Waals surface area (Å²) in [5.74, 6) is -0.469. The number of hydrogen-bond acceptors (Lipinski definition) is 3. The van der Waals surface area contributed by atoms with E-state index >= 15 is 0 Å². The van der Waals surface area contributed by atoms with Crippen LogP contribution in [0.4, 0.5) is 19.1 Å². The van der Waals surface area contributed by atoms with Crippen molar-refractivity contribution in [2.75, 3.05) is 4.72 Å². The summed E-state index contributed by atoms with van der Waals surface area (Å²) in [6.07, 6.45) is 0. The van der Waals surface area contributed by atoms with Gasteiger partial charge in [-0.25, -0.2) is 4.72 Å². The second-order valence-electron chi connectivity index (χ2n) is 3.20. The molecular weight excluding hydrogens is 259 g/mol. The van der Waals surface area contributed by atoms with Crippen LogP contribution in [0.3, 0.4) is 0 Å². The van der Waals surface area contributed by atoms with Gasteiger partial charge >= 0.3 is 15.5 Å². The fourth-order valence-corrected chi connectivity index (χ4v) is 1.70. The Bertz CT molecular complexity index is 612. The van der Waals surface area contributed by atoms with Gasteiger partial charge in [-0.1, -0.05) is 18.2 Å². The van der Waals surface area contributed by atoms with Gasteiger partial charge in [-0.3, -0.25) is 0 Å². The van der Waals surface area contributed by atoms with Crippen LogP contribution in [0, 0.1) is 0 Å². The molecule has 1 N–H and O–H groups in total. The summed E-state index contributed by atoms with van der Waals surface area (Å²) < 4.78 is 64.1. The first-order valence-electron chi connectivity index (χ1n) is 4.37. The number of anilines is 1. The molecule has 1 heterocycles. The van der Waals surface area contributed by atoms with Crippen molar-refractivity contribution in [1.29, 1.82) is 0 Å². The van der Waals surface area contributed by atoms with Crippen LogP contribution in [-0.4, -0.2) is 13.9 Å². The van der Waals surface area contributed by atoms with Crippen molar-refractivity contribution in [2.45, 2.75) is 5.51 Å². The lowest BCUT2D eigenvalue weighted by atomic mass is 10.3. The van der Waals surface area contributed by atoms with E-state index < -0.39 is 21.4 Å². The first kappa shape index (κ1) is 11.8. The molecule has 0 aliphatic carbocycles. The van der Waals surface area contributed by atoms with Gasteiger partial charge < -0.3 is 4.42 Å². The number of benzene rings is 1. The molecule has 0 saturated carbocycles. The third-order valence-electron chi connectivity index (χ3n) is 1.97. The maximum Gasteiger partial charge on any atom is 0.516 e. The van der Waals surface area contributed by atoms with Crippen LogP contribution < -0.4 is 4.72 Å². The highest BCUT2D eigenvalue weighted by Gasteiger charge is 2.46. The Kier molecular flexibility index (Phi) is 2.53. The standard InChI is InChI=1S/C9H6F3NO3S/c10-9(11,12)17(14,15)13-8-5-6-3-1-2-4-7(6)16-8/h1-5,13H.